The van der Waals surface area contributed by atoms with Crippen molar-refractivity contribution in [3.05, 3.63) is 0 Å². The van der Waals surface area contributed by atoms with Crippen molar-refractivity contribution in [2.45, 2.75) is 39.5 Å². The van der Waals surface area contributed by atoms with E-state index >= 15 is 0 Å². The summed E-state index contributed by atoms with van der Waals surface area (Å²) in [7, 11) is 0. The molecule has 0 aliphatic heterocycles. The van der Waals surface area contributed by atoms with E-state index in [4.69, 9.17) is 0 Å². The molecule has 0 unspecified atom stereocenters. The predicted octanol–water partition coefficient (Wildman–Crippen LogP) is 2.09. The Morgan fingerprint density at radius 3 is 2.54 bits per heavy atom. The first kappa shape index (κ1) is 10.7. The van der Waals surface area contributed by atoms with E-state index in [1.54, 1.807) is 0 Å². The first-order valence-electron chi connectivity index (χ1n) is 5.50. The van der Waals surface area contributed by atoms with Crippen LogP contribution in [-0.4, -0.2) is 30.3 Å². The first-order chi connectivity index (χ1) is 6.26. The maximum atomic E-state index is 11.4. The highest BCUT2D eigenvalue weighted by Gasteiger charge is 2.24. The molecule has 1 saturated carbocycles. The highest BCUT2D eigenvalue weighted by atomic mass is 16.1. The molecule has 13 heavy (non-hydrogen) atoms. The molecule has 0 aromatic heterocycles. The van der Waals surface area contributed by atoms with E-state index in [1.807, 2.05) is 0 Å². The van der Waals surface area contributed by atoms with Gasteiger partial charge in [-0.3, -0.25) is 9.69 Å². The number of Topliss-reactive ketones (excluding diaryl/α,β-unsaturated/α-hetero) is 1. The summed E-state index contributed by atoms with van der Waals surface area (Å²) in [5.74, 6) is 1.30. The second-order valence-corrected chi connectivity index (χ2v) is 4.06. The highest BCUT2D eigenvalue weighted by Crippen LogP contribution is 2.29. The van der Waals surface area contributed by atoms with Crippen LogP contribution in [0.2, 0.25) is 0 Å². The van der Waals surface area contributed by atoms with Gasteiger partial charge in [-0.1, -0.05) is 13.8 Å². The van der Waals surface area contributed by atoms with Gasteiger partial charge in [-0.2, -0.15) is 0 Å². The van der Waals surface area contributed by atoms with E-state index < -0.39 is 0 Å². The van der Waals surface area contributed by atoms with Gasteiger partial charge in [0, 0.05) is 13.0 Å². The van der Waals surface area contributed by atoms with Crippen molar-refractivity contribution in [3.63, 3.8) is 0 Å². The van der Waals surface area contributed by atoms with Crippen molar-refractivity contribution in [1.29, 1.82) is 0 Å². The highest BCUT2D eigenvalue weighted by molar-refractivity contribution is 5.80. The van der Waals surface area contributed by atoms with Crippen LogP contribution in [0, 0.1) is 5.92 Å². The third-order valence-electron chi connectivity index (χ3n) is 2.59. The number of carbonyl (C=O) groups excluding carboxylic acids is 1. The molecule has 76 valence electrons. The first-order valence-corrected chi connectivity index (χ1v) is 5.50. The number of ketones is 1. The Bertz CT molecular complexity index is 163. The molecule has 0 spiro atoms. The van der Waals surface area contributed by atoms with Crippen molar-refractivity contribution in [3.8, 4) is 0 Å². The summed E-state index contributed by atoms with van der Waals surface area (Å²) in [5, 5.41) is 0. The Morgan fingerprint density at radius 1 is 1.38 bits per heavy atom. The Hall–Kier alpha value is -0.370. The van der Waals surface area contributed by atoms with Crippen molar-refractivity contribution in [2.75, 3.05) is 19.6 Å². The molecule has 1 fully saturated rings. The van der Waals surface area contributed by atoms with E-state index in [-0.39, 0.29) is 0 Å². The molecule has 0 N–H and O–H groups in total. The van der Waals surface area contributed by atoms with Gasteiger partial charge in [-0.05, 0) is 31.7 Å². The zero-order valence-corrected chi connectivity index (χ0v) is 8.88. The van der Waals surface area contributed by atoms with Crippen LogP contribution in [0.25, 0.3) is 0 Å². The fourth-order valence-corrected chi connectivity index (χ4v) is 1.58. The molecule has 0 aromatic rings. The quantitative estimate of drug-likeness (QED) is 0.602. The topological polar surface area (TPSA) is 20.3 Å². The smallest absolute Gasteiger partial charge is 0.146 e. The Morgan fingerprint density at radius 2 is 2.08 bits per heavy atom. The van der Waals surface area contributed by atoms with Crippen LogP contribution in [0.4, 0.5) is 0 Å². The zero-order chi connectivity index (χ0) is 9.68. The third kappa shape index (κ3) is 4.41. The molecule has 2 nitrogen and oxygen atoms in total. The van der Waals surface area contributed by atoms with E-state index in [0.29, 0.717) is 12.3 Å². The zero-order valence-electron chi connectivity index (χ0n) is 8.88. The van der Waals surface area contributed by atoms with Gasteiger partial charge in [0.25, 0.3) is 0 Å². The fraction of sp³-hybridized carbons (Fsp3) is 0.909. The molecule has 0 saturated heterocycles. The maximum absolute atomic E-state index is 11.4. The van der Waals surface area contributed by atoms with Gasteiger partial charge >= 0.3 is 0 Å². The molecule has 0 heterocycles. The SMILES string of the molecule is CCCC(=O)CN(CC)CC1CC1. The molecule has 0 bridgehead atoms. The van der Waals surface area contributed by atoms with Gasteiger partial charge in [-0.25, -0.2) is 0 Å². The second-order valence-electron chi connectivity index (χ2n) is 4.06. The largest absolute Gasteiger partial charge is 0.298 e. The molecule has 0 amide bonds. The Kier molecular flexibility index (Phi) is 4.43. The fourth-order valence-electron chi connectivity index (χ4n) is 1.58. The summed E-state index contributed by atoms with van der Waals surface area (Å²) >= 11 is 0. The van der Waals surface area contributed by atoms with E-state index in [2.05, 4.69) is 18.7 Å². The molecule has 0 atom stereocenters. The van der Waals surface area contributed by atoms with Crippen LogP contribution in [0.1, 0.15) is 39.5 Å². The molecule has 1 rings (SSSR count). The van der Waals surface area contributed by atoms with E-state index in [9.17, 15) is 4.79 Å². The summed E-state index contributed by atoms with van der Waals surface area (Å²) in [4.78, 5) is 13.7. The van der Waals surface area contributed by atoms with E-state index in [0.717, 1.165) is 31.8 Å². The van der Waals surface area contributed by atoms with Crippen molar-refractivity contribution >= 4 is 5.78 Å². The molecule has 0 radical (unpaired) electrons. The lowest BCUT2D eigenvalue weighted by atomic mass is 10.2. The number of hydrogen-bond acceptors (Lipinski definition) is 2. The molecule has 2 heteroatoms. The summed E-state index contributed by atoms with van der Waals surface area (Å²) in [6.07, 6.45) is 4.48. The van der Waals surface area contributed by atoms with Gasteiger partial charge in [0.1, 0.15) is 5.78 Å². The van der Waals surface area contributed by atoms with Gasteiger partial charge in [-0.15, -0.1) is 0 Å². The van der Waals surface area contributed by atoms with Crippen LogP contribution < -0.4 is 0 Å². The number of carbonyl (C=O) groups is 1. The summed E-state index contributed by atoms with van der Waals surface area (Å²) in [5.41, 5.74) is 0. The van der Waals surface area contributed by atoms with Crippen molar-refractivity contribution in [1.82, 2.24) is 4.90 Å². The van der Waals surface area contributed by atoms with Crippen LogP contribution in [0.3, 0.4) is 0 Å². The monoisotopic (exact) mass is 183 g/mol. The van der Waals surface area contributed by atoms with Crippen molar-refractivity contribution in [2.24, 2.45) is 5.92 Å². The average Bonchev–Trinajstić information content (AvgIpc) is 2.87. The standard InChI is InChI=1S/C11H21NO/c1-3-5-11(13)9-12(4-2)8-10-6-7-10/h10H,3-9H2,1-2H3. The molecular formula is C11H21NO. The average molecular weight is 183 g/mol. The minimum absolute atomic E-state index is 0.407. The lowest BCUT2D eigenvalue weighted by molar-refractivity contribution is -0.120. The van der Waals surface area contributed by atoms with Crippen LogP contribution in [0.5, 0.6) is 0 Å². The number of nitrogens with zero attached hydrogens (tertiary/aromatic N) is 1. The third-order valence-corrected chi connectivity index (χ3v) is 2.59. The number of rotatable bonds is 7. The number of likely N-dealkylation sites (N-methyl/N-ethyl adjacent to an activating group) is 1. The molecule has 0 aromatic carbocycles. The van der Waals surface area contributed by atoms with Gasteiger partial charge in [0.15, 0.2) is 0 Å². The molecule has 1 aliphatic rings. The minimum atomic E-state index is 0.407. The molecule has 1 aliphatic carbocycles. The maximum Gasteiger partial charge on any atom is 0.146 e. The van der Waals surface area contributed by atoms with Crippen LogP contribution in [0.15, 0.2) is 0 Å². The van der Waals surface area contributed by atoms with Crippen LogP contribution in [-0.2, 0) is 4.79 Å². The lowest BCUT2D eigenvalue weighted by Crippen LogP contribution is -2.31. The normalized spacial score (nSPS) is 16.5. The van der Waals surface area contributed by atoms with Crippen molar-refractivity contribution < 1.29 is 4.79 Å². The Labute approximate surface area is 81.3 Å². The summed E-state index contributed by atoms with van der Waals surface area (Å²) < 4.78 is 0. The van der Waals surface area contributed by atoms with Gasteiger partial charge in [0.05, 0.1) is 6.54 Å². The minimum Gasteiger partial charge on any atom is -0.298 e. The summed E-state index contributed by atoms with van der Waals surface area (Å²) in [6.45, 7) is 7.05. The van der Waals surface area contributed by atoms with E-state index in [1.165, 1.54) is 12.8 Å². The van der Waals surface area contributed by atoms with Gasteiger partial charge in [0.2, 0.25) is 0 Å². The predicted molar refractivity (Wildman–Crippen MR) is 54.8 cm³/mol. The number of hydrogen-bond donors (Lipinski definition) is 0. The lowest BCUT2D eigenvalue weighted by Gasteiger charge is -2.18. The van der Waals surface area contributed by atoms with Crippen LogP contribution >= 0.6 is 0 Å². The second kappa shape index (κ2) is 5.38. The molecular weight excluding hydrogens is 162 g/mol. The Balaban J connectivity index is 2.17. The van der Waals surface area contributed by atoms with Gasteiger partial charge < -0.3 is 0 Å². The summed E-state index contributed by atoms with van der Waals surface area (Å²) in [6, 6.07) is 0.